The van der Waals surface area contributed by atoms with Crippen LogP contribution < -0.4 is 14.2 Å². The van der Waals surface area contributed by atoms with E-state index in [1.165, 1.54) is 19.3 Å². The van der Waals surface area contributed by atoms with Crippen molar-refractivity contribution in [2.24, 2.45) is 0 Å². The molecule has 5 aromatic carbocycles. The lowest BCUT2D eigenvalue weighted by atomic mass is 9.85. The van der Waals surface area contributed by atoms with Gasteiger partial charge in [0.15, 0.2) is 0 Å². The summed E-state index contributed by atoms with van der Waals surface area (Å²) < 4.78 is 38.6. The van der Waals surface area contributed by atoms with Gasteiger partial charge in [0.25, 0.3) is 0 Å². The number of benzene rings is 5. The first-order valence-corrected chi connectivity index (χ1v) is 20.0. The molecule has 3 saturated carbocycles. The number of phenols is 1. The predicted octanol–water partition coefficient (Wildman–Crippen LogP) is 12.1. The minimum atomic E-state index is -0.692. The van der Waals surface area contributed by atoms with E-state index in [0.717, 1.165) is 132 Å². The molecule has 54 heavy (non-hydrogen) atoms. The number of rotatable bonds is 11. The molecule has 1 N–H and O–H groups in total. The topological polar surface area (TPSA) is 75.6 Å². The van der Waals surface area contributed by atoms with E-state index in [1.807, 2.05) is 18.2 Å². The van der Waals surface area contributed by atoms with Crippen LogP contribution in [0, 0.1) is 0 Å². The molecule has 0 bridgehead atoms. The highest BCUT2D eigenvalue weighted by molar-refractivity contribution is 6.21. The summed E-state index contributed by atoms with van der Waals surface area (Å²) in [5, 5.41) is 15.5. The summed E-state index contributed by atoms with van der Waals surface area (Å²) in [7, 11) is 5.24. The summed E-state index contributed by atoms with van der Waals surface area (Å²) in [6.07, 6.45) is 14.9. The monoisotopic (exact) mass is 730 g/mol. The lowest BCUT2D eigenvalue weighted by Crippen LogP contribution is -2.41. The van der Waals surface area contributed by atoms with E-state index in [4.69, 9.17) is 28.4 Å². The SMILES string of the molecule is COC1(Oc2cc(O)cc(-c3c4ccccc4c(-c4cc(OC5(OC)CCCCC5)cc(OC5(OC)CCCCC5)c4)c4ccccc34)c2)CCCCC1. The Morgan fingerprint density at radius 1 is 0.407 bits per heavy atom. The summed E-state index contributed by atoms with van der Waals surface area (Å²) in [6, 6.07) is 28.9. The van der Waals surface area contributed by atoms with Gasteiger partial charge in [0.1, 0.15) is 23.0 Å². The molecule has 0 radical (unpaired) electrons. The number of phenolic OH excluding ortho intramolecular Hbond substituents is 1. The Balaban J connectivity index is 1.30. The third-order valence-corrected chi connectivity index (χ3v) is 12.2. The second-order valence-corrected chi connectivity index (χ2v) is 15.6. The molecule has 0 atom stereocenters. The molecule has 3 aliphatic carbocycles. The molecule has 7 nitrogen and oxygen atoms in total. The van der Waals surface area contributed by atoms with Gasteiger partial charge in [-0.2, -0.15) is 0 Å². The summed E-state index contributed by atoms with van der Waals surface area (Å²) in [5.41, 5.74) is 3.99. The van der Waals surface area contributed by atoms with Gasteiger partial charge in [-0.05, 0) is 107 Å². The largest absolute Gasteiger partial charge is 0.508 e. The van der Waals surface area contributed by atoms with Gasteiger partial charge in [-0.1, -0.05) is 67.8 Å². The standard InChI is InChI=1S/C47H54O7/c1-49-45(21-11-4-12-22-45)52-36-28-33(27-35(48)31-36)43-39-17-7-9-19-41(39)44(42-20-10-8-18-40(42)43)34-29-37(53-46(50-2)23-13-5-14-24-46)32-38(30-34)54-47(51-3)25-15-6-16-26-47/h7-10,17-20,27-32,48H,4-6,11-16,21-26H2,1-3H3. The lowest BCUT2D eigenvalue weighted by molar-refractivity contribution is -0.185. The molecule has 0 amide bonds. The average Bonchev–Trinajstić information content (AvgIpc) is 3.20. The molecule has 8 rings (SSSR count). The van der Waals surface area contributed by atoms with Crippen LogP contribution in [0.25, 0.3) is 43.8 Å². The molecule has 3 aliphatic rings. The van der Waals surface area contributed by atoms with Gasteiger partial charge in [0.05, 0.1) is 0 Å². The third kappa shape index (κ3) is 7.26. The van der Waals surface area contributed by atoms with Crippen LogP contribution in [0.4, 0.5) is 0 Å². The molecule has 7 heteroatoms. The molecule has 5 aromatic rings. The molecule has 0 spiro atoms. The Hall–Kier alpha value is -4.30. The second-order valence-electron chi connectivity index (χ2n) is 15.6. The zero-order valence-corrected chi connectivity index (χ0v) is 32.1. The van der Waals surface area contributed by atoms with Crippen molar-refractivity contribution in [2.75, 3.05) is 21.3 Å². The summed E-state index contributed by atoms with van der Waals surface area (Å²) >= 11 is 0. The van der Waals surface area contributed by atoms with Gasteiger partial charge in [0.2, 0.25) is 17.4 Å². The van der Waals surface area contributed by atoms with Gasteiger partial charge in [-0.3, -0.25) is 0 Å². The Kier molecular flexibility index (Phi) is 10.5. The zero-order chi connectivity index (χ0) is 37.2. The van der Waals surface area contributed by atoms with E-state index < -0.39 is 17.4 Å². The van der Waals surface area contributed by atoms with E-state index in [0.29, 0.717) is 5.75 Å². The van der Waals surface area contributed by atoms with Crippen molar-refractivity contribution in [3.8, 4) is 45.3 Å². The van der Waals surface area contributed by atoms with Gasteiger partial charge in [-0.15, -0.1) is 0 Å². The highest BCUT2D eigenvalue weighted by atomic mass is 16.7. The van der Waals surface area contributed by atoms with Crippen molar-refractivity contribution in [2.45, 2.75) is 114 Å². The Morgan fingerprint density at radius 2 is 0.722 bits per heavy atom. The fourth-order valence-corrected chi connectivity index (χ4v) is 9.33. The first-order chi connectivity index (χ1) is 26.4. The van der Waals surface area contributed by atoms with Crippen LogP contribution >= 0.6 is 0 Å². The molecular weight excluding hydrogens is 677 g/mol. The number of hydrogen-bond acceptors (Lipinski definition) is 7. The predicted molar refractivity (Wildman–Crippen MR) is 214 cm³/mol. The van der Waals surface area contributed by atoms with E-state index in [9.17, 15) is 5.11 Å². The second kappa shape index (κ2) is 15.4. The quantitative estimate of drug-likeness (QED) is 0.107. The number of aromatic hydroxyl groups is 1. The van der Waals surface area contributed by atoms with Crippen molar-refractivity contribution < 1.29 is 33.5 Å². The maximum absolute atomic E-state index is 11.2. The van der Waals surface area contributed by atoms with E-state index >= 15 is 0 Å². The van der Waals surface area contributed by atoms with E-state index in [-0.39, 0.29) is 5.75 Å². The minimum absolute atomic E-state index is 0.151. The highest BCUT2D eigenvalue weighted by Crippen LogP contribution is 2.48. The van der Waals surface area contributed by atoms with Crippen molar-refractivity contribution >= 4 is 21.5 Å². The maximum atomic E-state index is 11.2. The number of ether oxygens (including phenoxy) is 6. The van der Waals surface area contributed by atoms with Crippen molar-refractivity contribution in [1.82, 2.24) is 0 Å². The first-order valence-electron chi connectivity index (χ1n) is 20.0. The van der Waals surface area contributed by atoms with Crippen LogP contribution in [0.15, 0.2) is 84.9 Å². The fourth-order valence-electron chi connectivity index (χ4n) is 9.33. The summed E-state index contributed by atoms with van der Waals surface area (Å²) in [5.74, 6) is 0.132. The molecule has 0 unspecified atom stereocenters. The van der Waals surface area contributed by atoms with Gasteiger partial charge in [-0.25, -0.2) is 0 Å². The average molecular weight is 731 g/mol. The normalized spacial score (nSPS) is 19.4. The minimum Gasteiger partial charge on any atom is -0.508 e. The molecule has 0 aliphatic heterocycles. The zero-order valence-electron chi connectivity index (χ0n) is 32.1. The van der Waals surface area contributed by atoms with Gasteiger partial charge < -0.3 is 33.5 Å². The molecular formula is C47H54O7. The Bertz CT molecular complexity index is 1980. The van der Waals surface area contributed by atoms with Crippen molar-refractivity contribution in [3.63, 3.8) is 0 Å². The lowest BCUT2D eigenvalue weighted by Gasteiger charge is -2.37. The van der Waals surface area contributed by atoms with Crippen LogP contribution in [-0.4, -0.2) is 43.8 Å². The van der Waals surface area contributed by atoms with Gasteiger partial charge >= 0.3 is 0 Å². The molecule has 0 aromatic heterocycles. The van der Waals surface area contributed by atoms with Crippen molar-refractivity contribution in [1.29, 1.82) is 0 Å². The van der Waals surface area contributed by atoms with Crippen molar-refractivity contribution in [3.05, 3.63) is 84.9 Å². The number of hydrogen-bond donors (Lipinski definition) is 1. The molecule has 3 fully saturated rings. The number of methoxy groups -OCH3 is 3. The number of fused-ring (bicyclic) bond motifs is 2. The van der Waals surface area contributed by atoms with E-state index in [1.54, 1.807) is 27.4 Å². The van der Waals surface area contributed by atoms with Crippen LogP contribution in [0.3, 0.4) is 0 Å². The van der Waals surface area contributed by atoms with E-state index in [2.05, 4.69) is 60.7 Å². The smallest absolute Gasteiger partial charge is 0.210 e. The third-order valence-electron chi connectivity index (χ3n) is 12.2. The van der Waals surface area contributed by atoms with Crippen LogP contribution in [0.2, 0.25) is 0 Å². The van der Waals surface area contributed by atoms with Crippen LogP contribution in [-0.2, 0) is 14.2 Å². The first kappa shape index (κ1) is 36.7. The molecule has 0 saturated heterocycles. The van der Waals surface area contributed by atoms with Gasteiger partial charge in [0, 0.05) is 72.0 Å². The molecule has 284 valence electrons. The molecule has 0 heterocycles. The fraction of sp³-hybridized carbons (Fsp3) is 0.447. The summed E-state index contributed by atoms with van der Waals surface area (Å²) in [6.45, 7) is 0. The Labute approximate surface area is 319 Å². The summed E-state index contributed by atoms with van der Waals surface area (Å²) in [4.78, 5) is 0. The highest BCUT2D eigenvalue weighted by Gasteiger charge is 2.37. The van der Waals surface area contributed by atoms with Crippen LogP contribution in [0.5, 0.6) is 23.0 Å². The Morgan fingerprint density at radius 3 is 1.06 bits per heavy atom. The maximum Gasteiger partial charge on any atom is 0.210 e. The van der Waals surface area contributed by atoms with Crippen LogP contribution in [0.1, 0.15) is 96.3 Å².